The summed E-state index contributed by atoms with van der Waals surface area (Å²) < 4.78 is 29.4. The molecule has 6 heteroatoms. The van der Waals surface area contributed by atoms with E-state index < -0.39 is 15.4 Å². The van der Waals surface area contributed by atoms with E-state index in [4.69, 9.17) is 9.84 Å². The average Bonchev–Trinajstić information content (AvgIpc) is 2.29. The first-order valence-electron chi connectivity index (χ1n) is 5.73. The summed E-state index contributed by atoms with van der Waals surface area (Å²) >= 11 is 0. The topological polar surface area (TPSA) is 83.8 Å². The van der Waals surface area contributed by atoms with Crippen LogP contribution in [-0.4, -0.2) is 43.2 Å². The summed E-state index contributed by atoms with van der Waals surface area (Å²) in [6.45, 7) is 0.753. The van der Waals surface area contributed by atoms with Crippen molar-refractivity contribution in [2.45, 2.75) is 23.3 Å². The molecule has 0 amide bonds. The molecule has 0 spiro atoms. The molecule has 0 aliphatic carbocycles. The van der Waals surface area contributed by atoms with E-state index in [0.717, 1.165) is 0 Å². The first-order valence-corrected chi connectivity index (χ1v) is 7.38. The number of phenolic OH excluding ortho intramolecular Hbond substituents is 1. The fourth-order valence-electron chi connectivity index (χ4n) is 1.99. The molecule has 1 saturated heterocycles. The van der Waals surface area contributed by atoms with Gasteiger partial charge in [0.25, 0.3) is 0 Å². The van der Waals surface area contributed by atoms with Crippen molar-refractivity contribution >= 4 is 9.84 Å². The molecule has 2 N–H and O–H groups in total. The third-order valence-corrected chi connectivity index (χ3v) is 4.99. The number of hydrogen-bond acceptors (Lipinski definition) is 5. The number of phenols is 1. The van der Waals surface area contributed by atoms with Crippen LogP contribution in [0.5, 0.6) is 5.75 Å². The summed E-state index contributed by atoms with van der Waals surface area (Å²) in [4.78, 5) is 0.111. The number of aliphatic hydroxyl groups is 1. The van der Waals surface area contributed by atoms with E-state index in [1.807, 2.05) is 0 Å². The van der Waals surface area contributed by atoms with Crippen molar-refractivity contribution in [2.24, 2.45) is 0 Å². The summed E-state index contributed by atoms with van der Waals surface area (Å²) in [6.07, 6.45) is 0.647. The molecular formula is C12H16O5S. The van der Waals surface area contributed by atoms with Crippen LogP contribution in [0.1, 0.15) is 12.8 Å². The zero-order valence-electron chi connectivity index (χ0n) is 9.87. The van der Waals surface area contributed by atoms with Gasteiger partial charge in [-0.15, -0.1) is 0 Å². The third-order valence-electron chi connectivity index (χ3n) is 3.08. The highest BCUT2D eigenvalue weighted by atomic mass is 32.2. The molecular weight excluding hydrogens is 256 g/mol. The first kappa shape index (κ1) is 13.3. The summed E-state index contributed by atoms with van der Waals surface area (Å²) in [5.41, 5.74) is -1.21. The Morgan fingerprint density at radius 3 is 2.28 bits per heavy atom. The lowest BCUT2D eigenvalue weighted by Crippen LogP contribution is -2.42. The van der Waals surface area contributed by atoms with Gasteiger partial charge in [0.1, 0.15) is 5.75 Å². The van der Waals surface area contributed by atoms with Gasteiger partial charge in [0.05, 0.1) is 16.2 Å². The number of benzene rings is 1. The standard InChI is InChI=1S/C12H16O5S/c13-10-1-3-11(4-2-10)18(15,16)9-12(14)5-7-17-8-6-12/h1-4,13-14H,5-9H2. The van der Waals surface area contributed by atoms with Crippen molar-refractivity contribution in [2.75, 3.05) is 19.0 Å². The number of ether oxygens (including phenoxy) is 1. The molecule has 0 unspecified atom stereocenters. The Hall–Kier alpha value is -1.11. The fraction of sp³-hybridized carbons (Fsp3) is 0.500. The second-order valence-electron chi connectivity index (χ2n) is 4.59. The van der Waals surface area contributed by atoms with Crippen molar-refractivity contribution < 1.29 is 23.4 Å². The molecule has 100 valence electrons. The average molecular weight is 272 g/mol. The fourth-order valence-corrected chi connectivity index (χ4v) is 3.70. The minimum atomic E-state index is -3.55. The molecule has 0 saturated carbocycles. The largest absolute Gasteiger partial charge is 0.508 e. The third kappa shape index (κ3) is 3.01. The highest BCUT2D eigenvalue weighted by molar-refractivity contribution is 7.91. The number of hydrogen-bond donors (Lipinski definition) is 2. The molecule has 1 heterocycles. The van der Waals surface area contributed by atoms with Crippen LogP contribution in [0, 0.1) is 0 Å². The zero-order valence-corrected chi connectivity index (χ0v) is 10.7. The minimum absolute atomic E-state index is 0.0127. The summed E-state index contributed by atoms with van der Waals surface area (Å²) in [5.74, 6) is -0.299. The van der Waals surface area contributed by atoms with E-state index in [2.05, 4.69) is 0 Å². The van der Waals surface area contributed by atoms with E-state index in [9.17, 15) is 13.5 Å². The van der Waals surface area contributed by atoms with Crippen LogP contribution in [0.25, 0.3) is 0 Å². The number of sulfone groups is 1. The van der Waals surface area contributed by atoms with Gasteiger partial charge in [-0.05, 0) is 24.3 Å². The van der Waals surface area contributed by atoms with Crippen LogP contribution in [0.3, 0.4) is 0 Å². The molecule has 0 atom stereocenters. The Balaban J connectivity index is 2.18. The maximum absolute atomic E-state index is 12.1. The van der Waals surface area contributed by atoms with Crippen molar-refractivity contribution in [3.8, 4) is 5.75 Å². The van der Waals surface area contributed by atoms with Gasteiger partial charge in [0.2, 0.25) is 0 Å². The van der Waals surface area contributed by atoms with Gasteiger partial charge in [-0.1, -0.05) is 0 Å². The lowest BCUT2D eigenvalue weighted by atomic mass is 9.97. The lowest BCUT2D eigenvalue weighted by Gasteiger charge is -2.31. The summed E-state index contributed by atoms with van der Waals surface area (Å²) in [7, 11) is -3.55. The SMILES string of the molecule is O=S(=O)(CC1(O)CCOCC1)c1ccc(O)cc1. The van der Waals surface area contributed by atoms with Gasteiger partial charge < -0.3 is 14.9 Å². The summed E-state index contributed by atoms with van der Waals surface area (Å²) in [5, 5.41) is 19.3. The molecule has 1 fully saturated rings. The van der Waals surface area contributed by atoms with Crippen molar-refractivity contribution in [3.05, 3.63) is 24.3 Å². The maximum Gasteiger partial charge on any atom is 0.181 e. The molecule has 0 bridgehead atoms. The predicted octanol–water partition coefficient (Wildman–Crippen LogP) is 0.707. The van der Waals surface area contributed by atoms with Gasteiger partial charge in [-0.3, -0.25) is 0 Å². The lowest BCUT2D eigenvalue weighted by molar-refractivity contribution is -0.0485. The van der Waals surface area contributed by atoms with Crippen LogP contribution >= 0.6 is 0 Å². The van der Waals surface area contributed by atoms with Crippen LogP contribution in [0.2, 0.25) is 0 Å². The van der Waals surface area contributed by atoms with E-state index in [-0.39, 0.29) is 16.4 Å². The Labute approximate surface area is 106 Å². The van der Waals surface area contributed by atoms with E-state index in [0.29, 0.717) is 26.1 Å². The van der Waals surface area contributed by atoms with Crippen LogP contribution in [0.15, 0.2) is 29.2 Å². The predicted molar refractivity (Wildman–Crippen MR) is 65.2 cm³/mol. The Kier molecular flexibility index (Phi) is 3.61. The molecule has 2 rings (SSSR count). The second kappa shape index (κ2) is 4.87. The van der Waals surface area contributed by atoms with E-state index >= 15 is 0 Å². The normalized spacial score (nSPS) is 19.6. The number of rotatable bonds is 3. The van der Waals surface area contributed by atoms with Crippen LogP contribution in [0.4, 0.5) is 0 Å². The number of aromatic hydroxyl groups is 1. The molecule has 1 aliphatic rings. The molecule has 0 aromatic heterocycles. The van der Waals surface area contributed by atoms with Crippen molar-refractivity contribution in [1.82, 2.24) is 0 Å². The highest BCUT2D eigenvalue weighted by Gasteiger charge is 2.35. The summed E-state index contributed by atoms with van der Waals surface area (Å²) in [6, 6.07) is 5.32. The smallest absolute Gasteiger partial charge is 0.181 e. The first-order chi connectivity index (χ1) is 8.41. The van der Waals surface area contributed by atoms with Gasteiger partial charge >= 0.3 is 0 Å². The van der Waals surface area contributed by atoms with Crippen molar-refractivity contribution in [1.29, 1.82) is 0 Å². The molecule has 1 aliphatic heterocycles. The van der Waals surface area contributed by atoms with Crippen molar-refractivity contribution in [3.63, 3.8) is 0 Å². The van der Waals surface area contributed by atoms with Gasteiger partial charge in [-0.2, -0.15) is 0 Å². The Morgan fingerprint density at radius 1 is 1.17 bits per heavy atom. The zero-order chi connectivity index (χ0) is 13.2. The van der Waals surface area contributed by atoms with Gasteiger partial charge in [-0.25, -0.2) is 8.42 Å². The van der Waals surface area contributed by atoms with Crippen LogP contribution < -0.4 is 0 Å². The molecule has 1 aromatic rings. The minimum Gasteiger partial charge on any atom is -0.508 e. The molecule has 0 radical (unpaired) electrons. The maximum atomic E-state index is 12.1. The highest BCUT2D eigenvalue weighted by Crippen LogP contribution is 2.26. The second-order valence-corrected chi connectivity index (χ2v) is 6.58. The Bertz CT molecular complexity index is 500. The van der Waals surface area contributed by atoms with E-state index in [1.165, 1.54) is 24.3 Å². The molecule has 1 aromatic carbocycles. The van der Waals surface area contributed by atoms with Gasteiger partial charge in [0.15, 0.2) is 9.84 Å². The molecule has 18 heavy (non-hydrogen) atoms. The van der Waals surface area contributed by atoms with Gasteiger partial charge in [0, 0.05) is 26.1 Å². The quantitative estimate of drug-likeness (QED) is 0.846. The van der Waals surface area contributed by atoms with Crippen LogP contribution in [-0.2, 0) is 14.6 Å². The monoisotopic (exact) mass is 272 g/mol. The molecule has 5 nitrogen and oxygen atoms in total. The van der Waals surface area contributed by atoms with E-state index in [1.54, 1.807) is 0 Å². The Morgan fingerprint density at radius 2 is 1.72 bits per heavy atom.